The third-order valence-electron chi connectivity index (χ3n) is 2.05. The maximum atomic E-state index is 12.6. The lowest BCUT2D eigenvalue weighted by molar-refractivity contribution is 0.0935. The largest absolute Gasteiger partial charge is 0.350 e. The number of carbonyl (C=O) groups excluding carboxylic acids is 1. The van der Waals surface area contributed by atoms with E-state index in [2.05, 4.69) is 10.3 Å². The lowest BCUT2D eigenvalue weighted by atomic mass is 9.96. The Bertz CT molecular complexity index is 365. The standard InChI is InChI=1S/C11H14ClFN2O/c1-11(2,6-12)7-15-10(16)9-4-3-8(13)5-14-9/h3-5H,6-7H2,1-2H3,(H,15,16). The average Bonchev–Trinajstić information content (AvgIpc) is 2.27. The summed E-state index contributed by atoms with van der Waals surface area (Å²) in [4.78, 5) is 15.3. The summed E-state index contributed by atoms with van der Waals surface area (Å²) in [5, 5.41) is 2.70. The summed E-state index contributed by atoms with van der Waals surface area (Å²) in [5.74, 6) is -0.333. The number of carbonyl (C=O) groups is 1. The molecule has 1 heterocycles. The van der Waals surface area contributed by atoms with Gasteiger partial charge in [0.15, 0.2) is 0 Å². The van der Waals surface area contributed by atoms with E-state index in [-0.39, 0.29) is 17.0 Å². The molecule has 0 atom stereocenters. The van der Waals surface area contributed by atoms with Gasteiger partial charge in [-0.15, -0.1) is 11.6 Å². The van der Waals surface area contributed by atoms with Crippen LogP contribution in [0.25, 0.3) is 0 Å². The van der Waals surface area contributed by atoms with Gasteiger partial charge in [-0.25, -0.2) is 9.37 Å². The second-order valence-electron chi connectivity index (χ2n) is 4.34. The Morgan fingerprint density at radius 1 is 1.56 bits per heavy atom. The van der Waals surface area contributed by atoms with E-state index in [0.717, 1.165) is 6.20 Å². The van der Waals surface area contributed by atoms with Gasteiger partial charge in [0.25, 0.3) is 5.91 Å². The minimum Gasteiger partial charge on any atom is -0.350 e. The van der Waals surface area contributed by atoms with Crippen molar-refractivity contribution in [3.05, 3.63) is 29.8 Å². The Balaban J connectivity index is 2.56. The number of amides is 1. The van der Waals surface area contributed by atoms with Gasteiger partial charge in [-0.1, -0.05) is 13.8 Å². The van der Waals surface area contributed by atoms with Gasteiger partial charge in [-0.3, -0.25) is 4.79 Å². The van der Waals surface area contributed by atoms with Crippen molar-refractivity contribution in [2.24, 2.45) is 5.41 Å². The number of pyridine rings is 1. The van der Waals surface area contributed by atoms with Crippen LogP contribution in [0.4, 0.5) is 4.39 Å². The first-order valence-corrected chi connectivity index (χ1v) is 5.44. The zero-order valence-electron chi connectivity index (χ0n) is 9.26. The molecule has 0 saturated carbocycles. The summed E-state index contributed by atoms with van der Waals surface area (Å²) < 4.78 is 12.6. The molecule has 0 spiro atoms. The van der Waals surface area contributed by atoms with Gasteiger partial charge in [-0.2, -0.15) is 0 Å². The molecule has 0 aliphatic rings. The van der Waals surface area contributed by atoms with Gasteiger partial charge in [0.1, 0.15) is 11.5 Å². The monoisotopic (exact) mass is 244 g/mol. The van der Waals surface area contributed by atoms with E-state index in [9.17, 15) is 9.18 Å². The molecular formula is C11H14ClFN2O. The molecule has 0 fully saturated rings. The summed E-state index contributed by atoms with van der Waals surface area (Å²) >= 11 is 5.73. The van der Waals surface area contributed by atoms with Gasteiger partial charge in [0.2, 0.25) is 0 Å². The second-order valence-corrected chi connectivity index (χ2v) is 4.61. The van der Waals surface area contributed by atoms with Gasteiger partial charge in [-0.05, 0) is 17.5 Å². The Morgan fingerprint density at radius 3 is 2.75 bits per heavy atom. The number of halogens is 2. The van der Waals surface area contributed by atoms with Crippen LogP contribution >= 0.6 is 11.6 Å². The smallest absolute Gasteiger partial charge is 0.269 e. The van der Waals surface area contributed by atoms with Crippen LogP contribution in [0.15, 0.2) is 18.3 Å². The summed E-state index contributed by atoms with van der Waals surface area (Å²) in [7, 11) is 0. The molecule has 0 bridgehead atoms. The quantitative estimate of drug-likeness (QED) is 0.826. The lowest BCUT2D eigenvalue weighted by Gasteiger charge is -2.21. The molecule has 16 heavy (non-hydrogen) atoms. The highest BCUT2D eigenvalue weighted by Gasteiger charge is 2.18. The van der Waals surface area contributed by atoms with Crippen molar-refractivity contribution in [2.45, 2.75) is 13.8 Å². The van der Waals surface area contributed by atoms with Crippen molar-refractivity contribution in [3.8, 4) is 0 Å². The van der Waals surface area contributed by atoms with E-state index in [1.165, 1.54) is 12.1 Å². The molecule has 88 valence electrons. The molecule has 1 amide bonds. The maximum Gasteiger partial charge on any atom is 0.269 e. The Hall–Kier alpha value is -1.16. The number of nitrogens with one attached hydrogen (secondary N) is 1. The van der Waals surface area contributed by atoms with E-state index < -0.39 is 5.82 Å². The predicted octanol–water partition coefficient (Wildman–Crippen LogP) is 2.22. The Kier molecular flexibility index (Phi) is 4.24. The molecule has 0 saturated heterocycles. The van der Waals surface area contributed by atoms with E-state index in [4.69, 9.17) is 11.6 Å². The van der Waals surface area contributed by atoms with E-state index in [1.807, 2.05) is 13.8 Å². The highest BCUT2D eigenvalue weighted by atomic mass is 35.5. The molecule has 3 nitrogen and oxygen atoms in total. The van der Waals surface area contributed by atoms with Gasteiger partial charge < -0.3 is 5.32 Å². The SMILES string of the molecule is CC(C)(CCl)CNC(=O)c1ccc(F)cn1. The zero-order chi connectivity index (χ0) is 12.2. The molecule has 0 aliphatic heterocycles. The van der Waals surface area contributed by atoms with Crippen molar-refractivity contribution in [1.82, 2.24) is 10.3 Å². The fraction of sp³-hybridized carbons (Fsp3) is 0.455. The normalized spacial score (nSPS) is 11.2. The Labute approximate surface area is 99.0 Å². The van der Waals surface area contributed by atoms with Crippen LogP contribution in [0.5, 0.6) is 0 Å². The highest BCUT2D eigenvalue weighted by molar-refractivity contribution is 6.18. The molecule has 0 aromatic carbocycles. The highest BCUT2D eigenvalue weighted by Crippen LogP contribution is 2.15. The number of nitrogens with zero attached hydrogens (tertiary/aromatic N) is 1. The number of rotatable bonds is 4. The summed E-state index contributed by atoms with van der Waals surface area (Å²) in [6, 6.07) is 2.55. The fourth-order valence-corrected chi connectivity index (χ4v) is 1.06. The number of hydrogen-bond acceptors (Lipinski definition) is 2. The van der Waals surface area contributed by atoms with Crippen LogP contribution in [0.3, 0.4) is 0 Å². The van der Waals surface area contributed by atoms with Crippen LogP contribution in [0.1, 0.15) is 24.3 Å². The van der Waals surface area contributed by atoms with Crippen molar-refractivity contribution in [1.29, 1.82) is 0 Å². The third kappa shape index (κ3) is 3.77. The fourth-order valence-electron chi connectivity index (χ4n) is 0.967. The summed E-state index contributed by atoms with van der Waals surface area (Å²) in [6.45, 7) is 4.34. The zero-order valence-corrected chi connectivity index (χ0v) is 10.0. The van der Waals surface area contributed by atoms with Crippen LogP contribution in [-0.2, 0) is 0 Å². The third-order valence-corrected chi connectivity index (χ3v) is 2.77. The average molecular weight is 245 g/mol. The van der Waals surface area contributed by atoms with Crippen molar-refractivity contribution < 1.29 is 9.18 Å². The van der Waals surface area contributed by atoms with E-state index >= 15 is 0 Å². The first-order chi connectivity index (χ1) is 7.44. The van der Waals surface area contributed by atoms with Crippen LogP contribution in [-0.4, -0.2) is 23.3 Å². The lowest BCUT2D eigenvalue weighted by Crippen LogP contribution is -2.35. The van der Waals surface area contributed by atoms with Crippen LogP contribution in [0.2, 0.25) is 0 Å². The topological polar surface area (TPSA) is 42.0 Å². The molecule has 5 heteroatoms. The number of hydrogen-bond donors (Lipinski definition) is 1. The van der Waals surface area contributed by atoms with Gasteiger partial charge in [0.05, 0.1) is 6.20 Å². The molecule has 0 aliphatic carbocycles. The molecule has 0 unspecified atom stereocenters. The number of alkyl halides is 1. The minimum atomic E-state index is -0.461. The van der Waals surface area contributed by atoms with Gasteiger partial charge in [0, 0.05) is 12.4 Å². The number of aromatic nitrogens is 1. The molecular weight excluding hydrogens is 231 g/mol. The minimum absolute atomic E-state index is 0.169. The summed E-state index contributed by atoms with van der Waals surface area (Å²) in [5.41, 5.74) is 0.0313. The van der Waals surface area contributed by atoms with Gasteiger partial charge >= 0.3 is 0 Å². The maximum absolute atomic E-state index is 12.6. The van der Waals surface area contributed by atoms with E-state index in [0.29, 0.717) is 12.4 Å². The second kappa shape index (κ2) is 5.25. The van der Waals surface area contributed by atoms with Crippen molar-refractivity contribution in [2.75, 3.05) is 12.4 Å². The van der Waals surface area contributed by atoms with Crippen molar-refractivity contribution in [3.63, 3.8) is 0 Å². The van der Waals surface area contributed by atoms with Crippen molar-refractivity contribution >= 4 is 17.5 Å². The predicted molar refractivity (Wildman–Crippen MR) is 61.0 cm³/mol. The van der Waals surface area contributed by atoms with E-state index in [1.54, 1.807) is 0 Å². The molecule has 1 N–H and O–H groups in total. The summed E-state index contributed by atoms with van der Waals surface area (Å²) in [6.07, 6.45) is 1.02. The molecule has 0 radical (unpaired) electrons. The van der Waals surface area contributed by atoms with Crippen LogP contribution in [0, 0.1) is 11.2 Å². The first-order valence-electron chi connectivity index (χ1n) is 4.90. The molecule has 1 rings (SSSR count). The first kappa shape index (κ1) is 12.9. The van der Waals surface area contributed by atoms with Crippen LogP contribution < -0.4 is 5.32 Å². The molecule has 1 aromatic heterocycles. The molecule has 1 aromatic rings. The Morgan fingerprint density at radius 2 is 2.25 bits per heavy atom.